The summed E-state index contributed by atoms with van der Waals surface area (Å²) in [6, 6.07) is 11.9. The highest BCUT2D eigenvalue weighted by Crippen LogP contribution is 2.31. The summed E-state index contributed by atoms with van der Waals surface area (Å²) in [5.74, 6) is 0. The quantitative estimate of drug-likeness (QED) is 0.520. The fraction of sp³-hybridized carbons (Fsp3) is 0.250. The van der Waals surface area contributed by atoms with Crippen LogP contribution in [0, 0.1) is 3.57 Å². The van der Waals surface area contributed by atoms with E-state index in [1.165, 1.54) is 0 Å². The molecule has 2 aromatic rings. The maximum atomic E-state index is 6.25. The highest BCUT2D eigenvalue weighted by atomic mass is 127. The highest BCUT2D eigenvalue weighted by Gasteiger charge is 2.15. The van der Waals surface area contributed by atoms with Gasteiger partial charge in [0.1, 0.15) is 0 Å². The van der Waals surface area contributed by atoms with Crippen LogP contribution < -0.4 is 5.32 Å². The molecule has 1 unspecified atom stereocenters. The van der Waals surface area contributed by atoms with Crippen LogP contribution in [-0.2, 0) is 0 Å². The van der Waals surface area contributed by atoms with E-state index in [2.05, 4.69) is 40.9 Å². The van der Waals surface area contributed by atoms with E-state index in [9.17, 15) is 0 Å². The molecule has 21 heavy (non-hydrogen) atoms. The molecule has 0 aromatic heterocycles. The van der Waals surface area contributed by atoms with Crippen molar-refractivity contribution in [3.63, 3.8) is 0 Å². The smallest absolute Gasteiger partial charge is 0.0595 e. The van der Waals surface area contributed by atoms with Gasteiger partial charge in [-0.3, -0.25) is 0 Å². The third-order valence-corrected chi connectivity index (χ3v) is 5.46. The number of hydrogen-bond acceptors (Lipinski definition) is 1. The molecule has 0 aliphatic heterocycles. The zero-order chi connectivity index (χ0) is 15.4. The van der Waals surface area contributed by atoms with Crippen molar-refractivity contribution >= 4 is 57.4 Å². The molecule has 0 saturated heterocycles. The van der Waals surface area contributed by atoms with Crippen molar-refractivity contribution in [3.05, 3.63) is 66.2 Å². The molecule has 0 radical (unpaired) electrons. The van der Waals surface area contributed by atoms with E-state index < -0.39 is 0 Å². The van der Waals surface area contributed by atoms with Crippen LogP contribution in [-0.4, -0.2) is 6.54 Å². The summed E-state index contributed by atoms with van der Waals surface area (Å²) < 4.78 is 1.04. The van der Waals surface area contributed by atoms with Crippen LogP contribution in [0.25, 0.3) is 0 Å². The number of halogens is 4. The second-order valence-corrected chi connectivity index (χ2v) is 7.12. The molecule has 0 heterocycles. The van der Waals surface area contributed by atoms with Crippen molar-refractivity contribution in [1.82, 2.24) is 5.32 Å². The van der Waals surface area contributed by atoms with E-state index >= 15 is 0 Å². The Morgan fingerprint density at radius 2 is 1.57 bits per heavy atom. The summed E-state index contributed by atoms with van der Waals surface area (Å²) in [6.07, 6.45) is 1.05. The first kappa shape index (κ1) is 17.4. The first-order valence-corrected chi connectivity index (χ1v) is 8.87. The van der Waals surface area contributed by atoms with Gasteiger partial charge in [-0.15, -0.1) is 0 Å². The Hall–Kier alpha value is -0.000000000000000167. The van der Waals surface area contributed by atoms with Gasteiger partial charge in [-0.05, 0) is 70.9 Å². The van der Waals surface area contributed by atoms with Gasteiger partial charge in [0.2, 0.25) is 0 Å². The average molecular weight is 455 g/mol. The third-order valence-electron chi connectivity index (χ3n) is 3.15. The number of benzene rings is 2. The van der Waals surface area contributed by atoms with Gasteiger partial charge < -0.3 is 5.32 Å². The Labute approximate surface area is 154 Å². The molecule has 0 aliphatic rings. The molecule has 0 fully saturated rings. The molecule has 0 bridgehead atoms. The molecule has 0 amide bonds. The summed E-state index contributed by atoms with van der Waals surface area (Å²) in [4.78, 5) is 0. The van der Waals surface area contributed by atoms with Gasteiger partial charge in [-0.2, -0.15) is 0 Å². The van der Waals surface area contributed by atoms with Crippen LogP contribution in [0.4, 0.5) is 0 Å². The van der Waals surface area contributed by atoms with Gasteiger partial charge in [-0.1, -0.05) is 53.9 Å². The largest absolute Gasteiger partial charge is 0.306 e. The predicted molar refractivity (Wildman–Crippen MR) is 101 cm³/mol. The molecule has 5 heteroatoms. The van der Waals surface area contributed by atoms with Gasteiger partial charge in [-0.25, -0.2) is 0 Å². The van der Waals surface area contributed by atoms with Gasteiger partial charge >= 0.3 is 0 Å². The molecule has 2 aromatic carbocycles. The first-order chi connectivity index (χ1) is 10.0. The fourth-order valence-corrected chi connectivity index (χ4v) is 2.93. The second-order valence-electron chi connectivity index (χ2n) is 4.73. The lowest BCUT2D eigenvalue weighted by molar-refractivity contribution is 0.598. The minimum absolute atomic E-state index is 0.0502. The van der Waals surface area contributed by atoms with Crippen LogP contribution >= 0.6 is 57.4 Å². The van der Waals surface area contributed by atoms with Crippen LogP contribution in [0.15, 0.2) is 36.4 Å². The summed E-state index contributed by atoms with van der Waals surface area (Å²) in [6.45, 7) is 3.05. The molecule has 1 nitrogen and oxygen atoms in total. The Bertz CT molecular complexity index is 579. The molecule has 0 aliphatic carbocycles. The van der Waals surface area contributed by atoms with E-state index in [0.717, 1.165) is 32.7 Å². The SMILES string of the molecule is CCCNC(c1ccc(Cl)c(Cl)c1)c1ccc(I)c(Cl)c1. The van der Waals surface area contributed by atoms with Crippen LogP contribution in [0.2, 0.25) is 15.1 Å². The molecule has 0 spiro atoms. The first-order valence-electron chi connectivity index (χ1n) is 6.66. The third kappa shape index (κ3) is 4.49. The minimum Gasteiger partial charge on any atom is -0.306 e. The van der Waals surface area contributed by atoms with Crippen molar-refractivity contribution in [2.45, 2.75) is 19.4 Å². The van der Waals surface area contributed by atoms with Gasteiger partial charge in [0.25, 0.3) is 0 Å². The molecule has 112 valence electrons. The predicted octanol–water partition coefficient (Wildman–Crippen LogP) is 6.34. The van der Waals surface area contributed by atoms with Gasteiger partial charge in [0, 0.05) is 3.57 Å². The summed E-state index contributed by atoms with van der Waals surface area (Å²) >= 11 is 20.6. The molecule has 1 atom stereocenters. The lowest BCUT2D eigenvalue weighted by Gasteiger charge is -2.20. The monoisotopic (exact) mass is 453 g/mol. The van der Waals surface area contributed by atoms with E-state index in [1.807, 2.05) is 30.3 Å². The number of rotatable bonds is 5. The minimum atomic E-state index is 0.0502. The van der Waals surface area contributed by atoms with Gasteiger partial charge in [0.15, 0.2) is 0 Å². The number of nitrogens with one attached hydrogen (secondary N) is 1. The molecule has 1 N–H and O–H groups in total. The van der Waals surface area contributed by atoms with Crippen LogP contribution in [0.3, 0.4) is 0 Å². The molecule has 0 saturated carbocycles. The Morgan fingerprint density at radius 1 is 0.952 bits per heavy atom. The Kier molecular flexibility index (Phi) is 6.63. The topological polar surface area (TPSA) is 12.0 Å². The van der Waals surface area contributed by atoms with Gasteiger partial charge in [0.05, 0.1) is 21.1 Å². The van der Waals surface area contributed by atoms with Crippen molar-refractivity contribution in [3.8, 4) is 0 Å². The van der Waals surface area contributed by atoms with Crippen molar-refractivity contribution in [2.75, 3.05) is 6.54 Å². The Balaban J connectivity index is 2.41. The lowest BCUT2D eigenvalue weighted by Crippen LogP contribution is -2.23. The molecule has 2 rings (SSSR count). The normalized spacial score (nSPS) is 12.4. The van der Waals surface area contributed by atoms with E-state index in [0.29, 0.717) is 10.0 Å². The van der Waals surface area contributed by atoms with Crippen molar-refractivity contribution in [2.24, 2.45) is 0 Å². The van der Waals surface area contributed by atoms with Crippen molar-refractivity contribution < 1.29 is 0 Å². The standard InChI is InChI=1S/C16H15Cl3IN/c1-2-7-21-16(10-3-5-12(17)13(18)8-10)11-4-6-15(20)14(19)9-11/h3-6,8-9,16,21H,2,7H2,1H3. The zero-order valence-corrected chi connectivity index (χ0v) is 15.9. The second kappa shape index (κ2) is 8.02. The maximum Gasteiger partial charge on any atom is 0.0595 e. The van der Waals surface area contributed by atoms with E-state index in [1.54, 1.807) is 0 Å². The number of hydrogen-bond donors (Lipinski definition) is 1. The zero-order valence-electron chi connectivity index (χ0n) is 11.5. The molecular formula is C16H15Cl3IN. The summed E-state index contributed by atoms with van der Waals surface area (Å²) in [5.41, 5.74) is 2.20. The fourth-order valence-electron chi connectivity index (χ4n) is 2.10. The average Bonchev–Trinajstić information content (AvgIpc) is 2.46. The van der Waals surface area contributed by atoms with E-state index in [4.69, 9.17) is 34.8 Å². The highest BCUT2D eigenvalue weighted by molar-refractivity contribution is 14.1. The summed E-state index contributed by atoms with van der Waals surface area (Å²) in [7, 11) is 0. The lowest BCUT2D eigenvalue weighted by atomic mass is 9.98. The maximum absolute atomic E-state index is 6.25. The summed E-state index contributed by atoms with van der Waals surface area (Å²) in [5, 5.41) is 5.42. The van der Waals surface area contributed by atoms with Crippen LogP contribution in [0.1, 0.15) is 30.5 Å². The van der Waals surface area contributed by atoms with E-state index in [-0.39, 0.29) is 6.04 Å². The van der Waals surface area contributed by atoms with Crippen LogP contribution in [0.5, 0.6) is 0 Å². The Morgan fingerprint density at radius 3 is 2.14 bits per heavy atom. The molecular weight excluding hydrogens is 439 g/mol. The van der Waals surface area contributed by atoms with Crippen molar-refractivity contribution in [1.29, 1.82) is 0 Å².